The van der Waals surface area contributed by atoms with Gasteiger partial charge in [-0.2, -0.15) is 0 Å². The van der Waals surface area contributed by atoms with Crippen molar-refractivity contribution in [2.75, 3.05) is 33.4 Å². The van der Waals surface area contributed by atoms with Crippen LogP contribution in [-0.2, 0) is 4.74 Å². The average molecular weight is 214 g/mol. The van der Waals surface area contributed by atoms with Gasteiger partial charge >= 0.3 is 0 Å². The van der Waals surface area contributed by atoms with Gasteiger partial charge in [0.05, 0.1) is 6.61 Å². The normalized spacial score (nSPS) is 18.8. The second-order valence-electron chi connectivity index (χ2n) is 4.96. The molecule has 1 rings (SSSR count). The van der Waals surface area contributed by atoms with Crippen LogP contribution in [0.15, 0.2) is 0 Å². The number of ether oxygens (including phenoxy) is 1. The second-order valence-corrected chi connectivity index (χ2v) is 4.96. The third-order valence-electron chi connectivity index (χ3n) is 3.36. The molecular formula is C12H26N2O. The first kappa shape index (κ1) is 12.9. The lowest BCUT2D eigenvalue weighted by atomic mass is 9.95. The van der Waals surface area contributed by atoms with Gasteiger partial charge in [0.1, 0.15) is 0 Å². The van der Waals surface area contributed by atoms with Crippen LogP contribution < -0.4 is 5.73 Å². The summed E-state index contributed by atoms with van der Waals surface area (Å²) >= 11 is 0. The van der Waals surface area contributed by atoms with Crippen LogP contribution >= 0.6 is 0 Å². The summed E-state index contributed by atoms with van der Waals surface area (Å²) in [6, 6.07) is 0.813. The third-order valence-corrected chi connectivity index (χ3v) is 3.36. The lowest BCUT2D eigenvalue weighted by Gasteiger charge is -2.28. The van der Waals surface area contributed by atoms with Crippen LogP contribution in [0.5, 0.6) is 0 Å². The molecule has 1 fully saturated rings. The number of nitrogens with two attached hydrogens (primary N) is 1. The quantitative estimate of drug-likeness (QED) is 0.662. The van der Waals surface area contributed by atoms with E-state index in [2.05, 4.69) is 18.7 Å². The van der Waals surface area contributed by atoms with E-state index in [0.29, 0.717) is 11.8 Å². The molecule has 0 amide bonds. The fourth-order valence-corrected chi connectivity index (χ4v) is 1.93. The summed E-state index contributed by atoms with van der Waals surface area (Å²) in [6.07, 6.45) is 2.72. The predicted molar refractivity (Wildman–Crippen MR) is 63.9 cm³/mol. The van der Waals surface area contributed by atoms with Crippen LogP contribution in [-0.4, -0.2) is 44.3 Å². The van der Waals surface area contributed by atoms with Crippen molar-refractivity contribution in [2.45, 2.75) is 32.7 Å². The minimum atomic E-state index is 0.627. The molecule has 3 nitrogen and oxygen atoms in total. The Bertz CT molecular complexity index is 169. The zero-order chi connectivity index (χ0) is 11.3. The van der Waals surface area contributed by atoms with Crippen molar-refractivity contribution in [1.82, 2.24) is 4.90 Å². The van der Waals surface area contributed by atoms with Crippen LogP contribution in [0, 0.1) is 11.8 Å². The fourth-order valence-electron chi connectivity index (χ4n) is 1.93. The highest BCUT2D eigenvalue weighted by atomic mass is 16.5. The third kappa shape index (κ3) is 4.49. The smallest absolute Gasteiger partial charge is 0.0589 e. The molecule has 0 heterocycles. The molecule has 90 valence electrons. The van der Waals surface area contributed by atoms with Gasteiger partial charge in [0.25, 0.3) is 0 Å². The monoisotopic (exact) mass is 214 g/mol. The van der Waals surface area contributed by atoms with Gasteiger partial charge in [-0.25, -0.2) is 0 Å². The summed E-state index contributed by atoms with van der Waals surface area (Å²) in [6.45, 7) is 8.37. The van der Waals surface area contributed by atoms with E-state index in [1.807, 2.05) is 0 Å². The Morgan fingerprint density at radius 2 is 2.07 bits per heavy atom. The zero-order valence-electron chi connectivity index (χ0n) is 10.4. The molecule has 2 N–H and O–H groups in total. The Hall–Kier alpha value is -0.120. The van der Waals surface area contributed by atoms with Crippen molar-refractivity contribution < 1.29 is 4.74 Å². The predicted octanol–water partition coefficient (Wildman–Crippen LogP) is 1.33. The number of methoxy groups -OCH3 is 1. The van der Waals surface area contributed by atoms with Gasteiger partial charge in [-0.3, -0.25) is 4.90 Å². The maximum atomic E-state index is 5.81. The van der Waals surface area contributed by atoms with Crippen molar-refractivity contribution in [3.63, 3.8) is 0 Å². The van der Waals surface area contributed by atoms with Gasteiger partial charge in [-0.05, 0) is 31.2 Å². The molecular weight excluding hydrogens is 188 g/mol. The molecule has 0 radical (unpaired) electrons. The summed E-state index contributed by atoms with van der Waals surface area (Å²) in [5.74, 6) is 1.31. The number of hydrogen-bond acceptors (Lipinski definition) is 3. The molecule has 3 heteroatoms. The zero-order valence-corrected chi connectivity index (χ0v) is 10.4. The first-order valence-corrected chi connectivity index (χ1v) is 6.12. The Morgan fingerprint density at radius 1 is 1.40 bits per heavy atom. The van der Waals surface area contributed by atoms with Gasteiger partial charge in [-0.15, -0.1) is 0 Å². The van der Waals surface area contributed by atoms with E-state index in [1.165, 1.54) is 12.8 Å². The lowest BCUT2D eigenvalue weighted by molar-refractivity contribution is 0.125. The molecule has 0 aliphatic heterocycles. The first-order valence-electron chi connectivity index (χ1n) is 6.12. The van der Waals surface area contributed by atoms with E-state index in [1.54, 1.807) is 7.11 Å². The molecule has 1 atom stereocenters. The summed E-state index contributed by atoms with van der Waals surface area (Å²) in [5, 5.41) is 0. The van der Waals surface area contributed by atoms with E-state index in [0.717, 1.165) is 32.3 Å². The maximum absolute atomic E-state index is 5.81. The summed E-state index contributed by atoms with van der Waals surface area (Å²) in [5.41, 5.74) is 5.81. The van der Waals surface area contributed by atoms with Crippen LogP contribution in [0.4, 0.5) is 0 Å². The van der Waals surface area contributed by atoms with Gasteiger partial charge < -0.3 is 10.5 Å². The maximum Gasteiger partial charge on any atom is 0.0589 e. The molecule has 15 heavy (non-hydrogen) atoms. The molecule has 1 aliphatic carbocycles. The van der Waals surface area contributed by atoms with E-state index in [4.69, 9.17) is 10.5 Å². The number of rotatable bonds is 8. The number of hydrogen-bond donors (Lipinski definition) is 1. The topological polar surface area (TPSA) is 38.5 Å². The molecule has 0 aromatic rings. The molecule has 1 aliphatic rings. The van der Waals surface area contributed by atoms with E-state index >= 15 is 0 Å². The van der Waals surface area contributed by atoms with Crippen LogP contribution in [0.1, 0.15) is 26.7 Å². The molecule has 0 aromatic carbocycles. The Balaban J connectivity index is 2.34. The standard InChI is InChI=1S/C12H26N2O/c1-10(2)11(8-13)9-14(6-7-15-3)12-4-5-12/h10-12H,4-9,13H2,1-3H3. The molecule has 0 bridgehead atoms. The summed E-state index contributed by atoms with van der Waals surface area (Å²) in [7, 11) is 1.77. The van der Waals surface area contributed by atoms with Crippen molar-refractivity contribution >= 4 is 0 Å². The average Bonchev–Trinajstić information content (AvgIpc) is 3.01. The molecule has 0 aromatic heterocycles. The van der Waals surface area contributed by atoms with Crippen molar-refractivity contribution in [3.05, 3.63) is 0 Å². The van der Waals surface area contributed by atoms with Crippen LogP contribution in [0.25, 0.3) is 0 Å². The van der Waals surface area contributed by atoms with E-state index in [9.17, 15) is 0 Å². The highest BCUT2D eigenvalue weighted by Crippen LogP contribution is 2.28. The fraction of sp³-hybridized carbons (Fsp3) is 1.00. The van der Waals surface area contributed by atoms with E-state index < -0.39 is 0 Å². The van der Waals surface area contributed by atoms with Gasteiger partial charge in [0, 0.05) is 26.2 Å². The minimum absolute atomic E-state index is 0.627. The molecule has 1 unspecified atom stereocenters. The molecule has 0 saturated heterocycles. The van der Waals surface area contributed by atoms with Gasteiger partial charge in [-0.1, -0.05) is 13.8 Å². The largest absolute Gasteiger partial charge is 0.383 e. The Kier molecular flexibility index (Phi) is 5.58. The lowest BCUT2D eigenvalue weighted by Crippen LogP contribution is -2.38. The number of nitrogens with zero attached hydrogens (tertiary/aromatic N) is 1. The summed E-state index contributed by atoms with van der Waals surface area (Å²) in [4.78, 5) is 2.56. The van der Waals surface area contributed by atoms with Crippen molar-refractivity contribution in [3.8, 4) is 0 Å². The SMILES string of the molecule is COCCN(CC(CN)C(C)C)C1CC1. The Morgan fingerprint density at radius 3 is 2.47 bits per heavy atom. The molecule has 0 spiro atoms. The van der Waals surface area contributed by atoms with Crippen molar-refractivity contribution in [2.24, 2.45) is 17.6 Å². The highest BCUT2D eigenvalue weighted by Gasteiger charge is 2.30. The van der Waals surface area contributed by atoms with E-state index in [-0.39, 0.29) is 0 Å². The Labute approximate surface area is 94.0 Å². The first-order chi connectivity index (χ1) is 7.19. The van der Waals surface area contributed by atoms with Crippen molar-refractivity contribution in [1.29, 1.82) is 0 Å². The van der Waals surface area contributed by atoms with Gasteiger partial charge in [0.15, 0.2) is 0 Å². The van der Waals surface area contributed by atoms with Crippen LogP contribution in [0.3, 0.4) is 0 Å². The van der Waals surface area contributed by atoms with Gasteiger partial charge in [0.2, 0.25) is 0 Å². The summed E-state index contributed by atoms with van der Waals surface area (Å²) < 4.78 is 5.15. The minimum Gasteiger partial charge on any atom is -0.383 e. The second kappa shape index (κ2) is 6.46. The van der Waals surface area contributed by atoms with Crippen LogP contribution in [0.2, 0.25) is 0 Å². The highest BCUT2D eigenvalue weighted by molar-refractivity contribution is 4.86. The molecule has 1 saturated carbocycles.